The molecule has 0 unspecified atom stereocenters. The molecule has 0 aliphatic carbocycles. The Kier molecular flexibility index (Phi) is 6.51. The van der Waals surface area contributed by atoms with Crippen LogP contribution in [0.3, 0.4) is 0 Å². The van der Waals surface area contributed by atoms with Crippen LogP contribution in [0, 0.1) is 0 Å². The molecular weight excluding hydrogens is 320 g/mol. The second kappa shape index (κ2) is 8.83. The number of likely N-dealkylation sites (tertiary alicyclic amines) is 1. The van der Waals surface area contributed by atoms with Gasteiger partial charge in [0.15, 0.2) is 0 Å². The molecule has 0 radical (unpaired) electrons. The maximum absolute atomic E-state index is 12.5. The molecule has 2 saturated heterocycles. The zero-order chi connectivity index (χ0) is 16.8. The molecular formula is C18H28N4OS. The molecule has 3 heterocycles. The highest BCUT2D eigenvalue weighted by Crippen LogP contribution is 2.15. The second-order valence-electron chi connectivity index (χ2n) is 6.74. The predicted molar refractivity (Wildman–Crippen MR) is 99.0 cm³/mol. The van der Waals surface area contributed by atoms with E-state index in [1.165, 1.54) is 5.56 Å². The van der Waals surface area contributed by atoms with Crippen molar-refractivity contribution in [2.45, 2.75) is 38.4 Å². The van der Waals surface area contributed by atoms with Crippen molar-refractivity contribution in [1.82, 2.24) is 20.1 Å². The largest absolute Gasteiger partial charge is 0.352 e. The van der Waals surface area contributed by atoms with Gasteiger partial charge in [-0.15, -0.1) is 0 Å². The summed E-state index contributed by atoms with van der Waals surface area (Å²) in [5.74, 6) is 2.49. The summed E-state index contributed by atoms with van der Waals surface area (Å²) in [5, 5.41) is 3.28. The summed E-state index contributed by atoms with van der Waals surface area (Å²) in [6.45, 7) is 7.17. The van der Waals surface area contributed by atoms with Gasteiger partial charge in [0.05, 0.1) is 6.04 Å². The van der Waals surface area contributed by atoms with Gasteiger partial charge < -0.3 is 5.32 Å². The van der Waals surface area contributed by atoms with Crippen LogP contribution in [0.5, 0.6) is 0 Å². The van der Waals surface area contributed by atoms with Crippen LogP contribution in [-0.2, 0) is 11.3 Å². The van der Waals surface area contributed by atoms with Crippen molar-refractivity contribution >= 4 is 17.7 Å². The normalized spacial score (nSPS) is 22.2. The minimum absolute atomic E-state index is 0.000693. The topological polar surface area (TPSA) is 48.5 Å². The van der Waals surface area contributed by atoms with Crippen molar-refractivity contribution in [2.75, 3.05) is 37.7 Å². The lowest BCUT2D eigenvalue weighted by molar-refractivity contribution is -0.126. The number of thioether (sulfide) groups is 1. The van der Waals surface area contributed by atoms with Gasteiger partial charge in [0, 0.05) is 62.7 Å². The maximum Gasteiger partial charge on any atom is 0.237 e. The van der Waals surface area contributed by atoms with Crippen LogP contribution in [-0.4, -0.2) is 70.5 Å². The average molecular weight is 349 g/mol. The number of nitrogens with one attached hydrogen (secondary N) is 1. The number of pyridine rings is 1. The SMILES string of the molecule is C[C@@H](C(=O)NC1CCN(Cc2ccncc2)CC1)N1CCSCC1. The maximum atomic E-state index is 12.5. The fourth-order valence-corrected chi connectivity index (χ4v) is 4.37. The Bertz CT molecular complexity index is 513. The molecule has 5 nitrogen and oxygen atoms in total. The van der Waals surface area contributed by atoms with Gasteiger partial charge >= 0.3 is 0 Å². The van der Waals surface area contributed by atoms with E-state index in [4.69, 9.17) is 0 Å². The Morgan fingerprint density at radius 3 is 2.58 bits per heavy atom. The van der Waals surface area contributed by atoms with E-state index in [-0.39, 0.29) is 11.9 Å². The molecule has 3 rings (SSSR count). The Morgan fingerprint density at radius 1 is 1.25 bits per heavy atom. The lowest BCUT2D eigenvalue weighted by atomic mass is 10.0. The Hall–Kier alpha value is -1.11. The molecule has 24 heavy (non-hydrogen) atoms. The lowest BCUT2D eigenvalue weighted by Crippen LogP contribution is -2.52. The highest BCUT2D eigenvalue weighted by Gasteiger charge is 2.26. The number of nitrogens with zero attached hydrogens (tertiary/aromatic N) is 3. The first kappa shape index (κ1) is 17.7. The first-order valence-corrected chi connectivity index (χ1v) is 10.1. The van der Waals surface area contributed by atoms with Crippen LogP contribution >= 0.6 is 11.8 Å². The molecule has 1 aromatic rings. The zero-order valence-electron chi connectivity index (χ0n) is 14.5. The number of hydrogen-bond donors (Lipinski definition) is 1. The highest BCUT2D eigenvalue weighted by molar-refractivity contribution is 7.99. The molecule has 0 aromatic carbocycles. The smallest absolute Gasteiger partial charge is 0.237 e. The van der Waals surface area contributed by atoms with Crippen LogP contribution in [0.1, 0.15) is 25.3 Å². The van der Waals surface area contributed by atoms with Crippen LogP contribution in [0.4, 0.5) is 0 Å². The molecule has 1 N–H and O–H groups in total. The number of piperidine rings is 1. The third-order valence-corrected chi connectivity index (χ3v) is 6.00. The second-order valence-corrected chi connectivity index (χ2v) is 7.96. The molecule has 0 spiro atoms. The molecule has 1 amide bonds. The van der Waals surface area contributed by atoms with E-state index >= 15 is 0 Å². The van der Waals surface area contributed by atoms with Gasteiger partial charge in [-0.2, -0.15) is 11.8 Å². The third kappa shape index (κ3) is 4.94. The van der Waals surface area contributed by atoms with E-state index in [1.807, 2.05) is 31.1 Å². The Balaban J connectivity index is 1.40. The standard InChI is InChI=1S/C18H28N4OS/c1-15(22-10-12-24-13-11-22)18(23)20-17-4-8-21(9-5-17)14-16-2-6-19-7-3-16/h2-3,6-7,15,17H,4-5,8-14H2,1H3,(H,20,23)/t15-/m0/s1. The molecule has 2 aliphatic heterocycles. The molecule has 0 bridgehead atoms. The van der Waals surface area contributed by atoms with E-state index in [9.17, 15) is 4.79 Å². The monoisotopic (exact) mass is 348 g/mol. The first-order chi connectivity index (χ1) is 11.7. The summed E-state index contributed by atoms with van der Waals surface area (Å²) in [4.78, 5) is 21.3. The van der Waals surface area contributed by atoms with Crippen molar-refractivity contribution in [3.63, 3.8) is 0 Å². The summed E-state index contributed by atoms with van der Waals surface area (Å²) in [6, 6.07) is 4.48. The number of aromatic nitrogens is 1. The van der Waals surface area contributed by atoms with Gasteiger partial charge in [-0.25, -0.2) is 0 Å². The Morgan fingerprint density at radius 2 is 1.92 bits per heavy atom. The number of rotatable bonds is 5. The van der Waals surface area contributed by atoms with Gasteiger partial charge in [0.25, 0.3) is 0 Å². The summed E-state index contributed by atoms with van der Waals surface area (Å²) in [6.07, 6.45) is 5.78. The fourth-order valence-electron chi connectivity index (χ4n) is 3.43. The summed E-state index contributed by atoms with van der Waals surface area (Å²) in [7, 11) is 0. The fraction of sp³-hybridized carbons (Fsp3) is 0.667. The van der Waals surface area contributed by atoms with Crippen LogP contribution in [0.15, 0.2) is 24.5 Å². The molecule has 132 valence electrons. The van der Waals surface area contributed by atoms with Crippen LogP contribution in [0.2, 0.25) is 0 Å². The van der Waals surface area contributed by atoms with E-state index in [0.717, 1.165) is 57.1 Å². The molecule has 0 saturated carbocycles. The lowest BCUT2D eigenvalue weighted by Gasteiger charge is -2.35. The van der Waals surface area contributed by atoms with E-state index in [2.05, 4.69) is 32.2 Å². The predicted octanol–water partition coefficient (Wildman–Crippen LogP) is 1.60. The molecule has 6 heteroatoms. The van der Waals surface area contributed by atoms with E-state index in [1.54, 1.807) is 0 Å². The highest BCUT2D eigenvalue weighted by atomic mass is 32.2. The summed E-state index contributed by atoms with van der Waals surface area (Å²) >= 11 is 1.98. The zero-order valence-corrected chi connectivity index (χ0v) is 15.3. The van der Waals surface area contributed by atoms with Gasteiger partial charge in [0.1, 0.15) is 0 Å². The average Bonchev–Trinajstić information content (AvgIpc) is 2.64. The van der Waals surface area contributed by atoms with Gasteiger partial charge in [-0.05, 0) is 37.5 Å². The van der Waals surface area contributed by atoms with Crippen LogP contribution < -0.4 is 5.32 Å². The minimum atomic E-state index is 0.000693. The van der Waals surface area contributed by atoms with Crippen molar-refractivity contribution in [2.24, 2.45) is 0 Å². The number of hydrogen-bond acceptors (Lipinski definition) is 5. The van der Waals surface area contributed by atoms with Gasteiger partial charge in [0.2, 0.25) is 5.91 Å². The molecule has 1 atom stereocenters. The number of carbonyl (C=O) groups is 1. The first-order valence-electron chi connectivity index (χ1n) is 8.96. The third-order valence-electron chi connectivity index (χ3n) is 5.06. The van der Waals surface area contributed by atoms with E-state index < -0.39 is 0 Å². The Labute approximate surface area is 149 Å². The van der Waals surface area contributed by atoms with Gasteiger partial charge in [-0.3, -0.25) is 19.6 Å². The quantitative estimate of drug-likeness (QED) is 0.876. The van der Waals surface area contributed by atoms with Crippen molar-refractivity contribution in [1.29, 1.82) is 0 Å². The molecule has 2 aliphatic rings. The van der Waals surface area contributed by atoms with Crippen molar-refractivity contribution in [3.05, 3.63) is 30.1 Å². The minimum Gasteiger partial charge on any atom is -0.352 e. The van der Waals surface area contributed by atoms with Crippen molar-refractivity contribution in [3.8, 4) is 0 Å². The molecule has 1 aromatic heterocycles. The van der Waals surface area contributed by atoms with Gasteiger partial charge in [-0.1, -0.05) is 0 Å². The van der Waals surface area contributed by atoms with Crippen molar-refractivity contribution < 1.29 is 4.79 Å². The van der Waals surface area contributed by atoms with E-state index in [0.29, 0.717) is 6.04 Å². The number of carbonyl (C=O) groups excluding carboxylic acids is 1. The summed E-state index contributed by atoms with van der Waals surface area (Å²) < 4.78 is 0. The number of amides is 1. The molecule has 2 fully saturated rings. The van der Waals surface area contributed by atoms with Crippen LogP contribution in [0.25, 0.3) is 0 Å². The summed E-state index contributed by atoms with van der Waals surface area (Å²) in [5.41, 5.74) is 1.31.